The zero-order valence-electron chi connectivity index (χ0n) is 10.3. The molecule has 0 radical (unpaired) electrons. The van der Waals surface area contributed by atoms with E-state index >= 15 is 0 Å². The maximum atomic E-state index is 10.9. The molecular formula is C10H15ClN4O3. The first-order chi connectivity index (χ1) is 8.32. The van der Waals surface area contributed by atoms with Crippen LogP contribution in [0, 0.1) is 10.1 Å². The maximum absolute atomic E-state index is 10.9. The zero-order chi connectivity index (χ0) is 13.9. The predicted octanol–water partition coefficient (Wildman–Crippen LogP) is 1.95. The molecule has 0 aliphatic heterocycles. The molecule has 0 saturated carbocycles. The highest BCUT2D eigenvalue weighted by Gasteiger charge is 2.24. The zero-order valence-corrected chi connectivity index (χ0v) is 11.1. The molecule has 18 heavy (non-hydrogen) atoms. The standard InChI is InChI=1S/C10H15ClN4O3/c1-5(2)9-13-8(11)7(15(17)18)10(14-9)12-4-6(3)16/h5-6,16H,4H2,1-3H3,(H,12,13,14). The molecule has 0 spiro atoms. The fourth-order valence-corrected chi connectivity index (χ4v) is 1.48. The van der Waals surface area contributed by atoms with Crippen LogP contribution in [0.25, 0.3) is 0 Å². The van der Waals surface area contributed by atoms with Gasteiger partial charge in [-0.2, -0.15) is 0 Å². The molecule has 1 atom stereocenters. The summed E-state index contributed by atoms with van der Waals surface area (Å²) in [5.41, 5.74) is -0.373. The van der Waals surface area contributed by atoms with Crippen molar-refractivity contribution in [3.63, 3.8) is 0 Å². The molecule has 100 valence electrons. The van der Waals surface area contributed by atoms with Crippen LogP contribution in [0.15, 0.2) is 0 Å². The van der Waals surface area contributed by atoms with E-state index in [9.17, 15) is 15.2 Å². The molecule has 1 rings (SSSR count). The number of aliphatic hydroxyl groups excluding tert-OH is 1. The van der Waals surface area contributed by atoms with Crippen LogP contribution in [0.5, 0.6) is 0 Å². The Kier molecular flexibility index (Phi) is 4.80. The number of aromatic nitrogens is 2. The molecule has 0 aromatic carbocycles. The highest BCUT2D eigenvalue weighted by Crippen LogP contribution is 2.30. The summed E-state index contributed by atoms with van der Waals surface area (Å²) in [4.78, 5) is 18.2. The van der Waals surface area contributed by atoms with E-state index in [0.29, 0.717) is 5.82 Å². The largest absolute Gasteiger partial charge is 0.392 e. The second-order valence-electron chi connectivity index (χ2n) is 4.21. The summed E-state index contributed by atoms with van der Waals surface area (Å²) in [6, 6.07) is 0. The number of aliphatic hydroxyl groups is 1. The van der Waals surface area contributed by atoms with Gasteiger partial charge < -0.3 is 10.4 Å². The minimum absolute atomic E-state index is 0.00426. The normalized spacial score (nSPS) is 12.6. The van der Waals surface area contributed by atoms with E-state index in [4.69, 9.17) is 11.6 Å². The number of hydrogen-bond donors (Lipinski definition) is 2. The molecule has 0 bridgehead atoms. The van der Waals surface area contributed by atoms with Gasteiger partial charge in [0.1, 0.15) is 5.82 Å². The summed E-state index contributed by atoms with van der Waals surface area (Å²) in [6.07, 6.45) is -0.652. The van der Waals surface area contributed by atoms with Crippen LogP contribution < -0.4 is 5.32 Å². The molecular weight excluding hydrogens is 260 g/mol. The molecule has 0 fully saturated rings. The number of hydrogen-bond acceptors (Lipinski definition) is 6. The van der Waals surface area contributed by atoms with Crippen LogP contribution in [-0.4, -0.2) is 32.6 Å². The van der Waals surface area contributed by atoms with Crippen LogP contribution in [0.3, 0.4) is 0 Å². The summed E-state index contributed by atoms with van der Waals surface area (Å²) in [5, 5.41) is 22.6. The molecule has 2 N–H and O–H groups in total. The number of rotatable bonds is 5. The first kappa shape index (κ1) is 14.6. The molecule has 1 aromatic rings. The van der Waals surface area contributed by atoms with Crippen LogP contribution in [0.1, 0.15) is 32.5 Å². The van der Waals surface area contributed by atoms with Crippen molar-refractivity contribution in [2.45, 2.75) is 32.8 Å². The summed E-state index contributed by atoms with van der Waals surface area (Å²) < 4.78 is 0. The lowest BCUT2D eigenvalue weighted by atomic mass is 10.2. The SMILES string of the molecule is CC(O)CNc1nc(C(C)C)nc(Cl)c1[N+](=O)[O-]. The lowest BCUT2D eigenvalue weighted by Gasteiger charge is -2.11. The Labute approximate surface area is 109 Å². The van der Waals surface area contributed by atoms with Crippen LogP contribution >= 0.6 is 11.6 Å². The van der Waals surface area contributed by atoms with Crippen molar-refractivity contribution in [2.24, 2.45) is 0 Å². The smallest absolute Gasteiger partial charge is 0.348 e. The molecule has 1 aromatic heterocycles. The summed E-state index contributed by atoms with van der Waals surface area (Å²) in [6.45, 7) is 5.42. The molecule has 0 amide bonds. The van der Waals surface area contributed by atoms with E-state index in [0.717, 1.165) is 0 Å². The van der Waals surface area contributed by atoms with Gasteiger partial charge in [0.15, 0.2) is 0 Å². The molecule has 0 saturated heterocycles. The van der Waals surface area contributed by atoms with Gasteiger partial charge in [0.25, 0.3) is 0 Å². The maximum Gasteiger partial charge on any atom is 0.348 e. The van der Waals surface area contributed by atoms with E-state index in [-0.39, 0.29) is 29.1 Å². The number of nitro groups is 1. The van der Waals surface area contributed by atoms with Crippen molar-refractivity contribution in [1.82, 2.24) is 9.97 Å². The monoisotopic (exact) mass is 274 g/mol. The molecule has 0 aliphatic carbocycles. The van der Waals surface area contributed by atoms with Gasteiger partial charge in [0, 0.05) is 12.5 Å². The summed E-state index contributed by atoms with van der Waals surface area (Å²) >= 11 is 5.79. The highest BCUT2D eigenvalue weighted by atomic mass is 35.5. The lowest BCUT2D eigenvalue weighted by Crippen LogP contribution is -2.18. The van der Waals surface area contributed by atoms with Gasteiger partial charge in [-0.15, -0.1) is 0 Å². The number of nitrogens with zero attached hydrogens (tertiary/aromatic N) is 3. The fraction of sp³-hybridized carbons (Fsp3) is 0.600. The van der Waals surface area contributed by atoms with Crippen LogP contribution in [0.2, 0.25) is 5.15 Å². The Morgan fingerprint density at radius 2 is 2.06 bits per heavy atom. The Hall–Kier alpha value is -1.47. The Bertz CT molecular complexity index is 451. The molecule has 1 heterocycles. The quantitative estimate of drug-likeness (QED) is 0.483. The predicted molar refractivity (Wildman–Crippen MR) is 68.0 cm³/mol. The molecule has 7 nitrogen and oxygen atoms in total. The first-order valence-electron chi connectivity index (χ1n) is 5.46. The highest BCUT2D eigenvalue weighted by molar-refractivity contribution is 6.31. The van der Waals surface area contributed by atoms with Crippen molar-refractivity contribution in [3.8, 4) is 0 Å². The summed E-state index contributed by atoms with van der Waals surface area (Å²) in [7, 11) is 0. The second kappa shape index (κ2) is 5.92. The number of halogens is 1. The van der Waals surface area contributed by atoms with Gasteiger partial charge in [0.05, 0.1) is 11.0 Å². The van der Waals surface area contributed by atoms with E-state index < -0.39 is 11.0 Å². The molecule has 0 aliphatic rings. The van der Waals surface area contributed by atoms with Crippen molar-refractivity contribution < 1.29 is 10.0 Å². The lowest BCUT2D eigenvalue weighted by molar-refractivity contribution is -0.384. The first-order valence-corrected chi connectivity index (χ1v) is 5.84. The third-order valence-electron chi connectivity index (χ3n) is 2.12. The Morgan fingerprint density at radius 3 is 2.50 bits per heavy atom. The van der Waals surface area contributed by atoms with Gasteiger partial charge in [-0.25, -0.2) is 9.97 Å². The van der Waals surface area contributed by atoms with Crippen molar-refractivity contribution in [3.05, 3.63) is 21.1 Å². The van der Waals surface area contributed by atoms with Gasteiger partial charge in [-0.3, -0.25) is 10.1 Å². The van der Waals surface area contributed by atoms with Crippen LogP contribution in [0.4, 0.5) is 11.5 Å². The van der Waals surface area contributed by atoms with E-state index in [1.54, 1.807) is 6.92 Å². The average Bonchev–Trinajstić information content (AvgIpc) is 2.24. The van der Waals surface area contributed by atoms with E-state index in [2.05, 4.69) is 15.3 Å². The van der Waals surface area contributed by atoms with Gasteiger partial charge in [0.2, 0.25) is 11.0 Å². The van der Waals surface area contributed by atoms with Gasteiger partial charge >= 0.3 is 5.69 Å². The topological polar surface area (TPSA) is 101 Å². The van der Waals surface area contributed by atoms with Gasteiger partial charge in [-0.05, 0) is 6.92 Å². The number of nitrogens with one attached hydrogen (secondary N) is 1. The summed E-state index contributed by atoms with van der Waals surface area (Å²) in [5.74, 6) is 0.443. The Balaban J connectivity index is 3.20. The minimum atomic E-state index is -0.652. The minimum Gasteiger partial charge on any atom is -0.392 e. The molecule has 1 unspecified atom stereocenters. The second-order valence-corrected chi connectivity index (χ2v) is 4.57. The Morgan fingerprint density at radius 1 is 1.44 bits per heavy atom. The van der Waals surface area contributed by atoms with E-state index in [1.165, 1.54) is 0 Å². The number of anilines is 1. The van der Waals surface area contributed by atoms with E-state index in [1.807, 2.05) is 13.8 Å². The molecule has 8 heteroatoms. The average molecular weight is 275 g/mol. The fourth-order valence-electron chi connectivity index (χ4n) is 1.23. The van der Waals surface area contributed by atoms with Gasteiger partial charge in [-0.1, -0.05) is 25.4 Å². The van der Waals surface area contributed by atoms with Crippen molar-refractivity contribution in [1.29, 1.82) is 0 Å². The third-order valence-corrected chi connectivity index (χ3v) is 2.39. The third kappa shape index (κ3) is 3.51. The van der Waals surface area contributed by atoms with Crippen LogP contribution in [-0.2, 0) is 0 Å². The van der Waals surface area contributed by atoms with Crippen molar-refractivity contribution in [2.75, 3.05) is 11.9 Å². The van der Waals surface area contributed by atoms with Crippen molar-refractivity contribution >= 4 is 23.1 Å².